The number of carbonyl (C=O) groups is 3. The predicted octanol–water partition coefficient (Wildman–Crippen LogP) is 3.80. The molecule has 7 heteroatoms. The maximum atomic E-state index is 13.8. The van der Waals surface area contributed by atoms with Gasteiger partial charge in [0.25, 0.3) is 0 Å². The van der Waals surface area contributed by atoms with Gasteiger partial charge in [-0.3, -0.25) is 14.4 Å². The van der Waals surface area contributed by atoms with Gasteiger partial charge in [0, 0.05) is 37.9 Å². The molecule has 2 aromatic rings. The summed E-state index contributed by atoms with van der Waals surface area (Å²) in [5.41, 5.74) is 2.10. The van der Waals surface area contributed by atoms with Crippen molar-refractivity contribution in [2.75, 3.05) is 26.2 Å². The first-order valence-corrected chi connectivity index (χ1v) is 14.5. The molecule has 0 aliphatic carbocycles. The van der Waals surface area contributed by atoms with Crippen LogP contribution in [0, 0.1) is 17.8 Å². The Morgan fingerprint density at radius 1 is 1.03 bits per heavy atom. The van der Waals surface area contributed by atoms with Gasteiger partial charge in [-0.15, -0.1) is 0 Å². The number of hydrogen-bond acceptors (Lipinski definition) is 5. The van der Waals surface area contributed by atoms with E-state index in [1.807, 2.05) is 55.5 Å². The van der Waals surface area contributed by atoms with Crippen molar-refractivity contribution in [3.05, 3.63) is 65.7 Å². The molecule has 2 unspecified atom stereocenters. The summed E-state index contributed by atoms with van der Waals surface area (Å²) >= 11 is 0. The molecule has 5 atom stereocenters. The number of carbonyl (C=O) groups excluding carboxylic acids is 3. The van der Waals surface area contributed by atoms with Crippen molar-refractivity contribution >= 4 is 17.6 Å². The van der Waals surface area contributed by atoms with E-state index in [0.29, 0.717) is 39.1 Å². The van der Waals surface area contributed by atoms with E-state index in [-0.39, 0.29) is 29.6 Å². The molecule has 4 rings (SSSR count). The number of benzene rings is 2. The normalized spacial score (nSPS) is 26.1. The number of amides is 2. The largest absolute Gasteiger partial charge is 0.492 e. The fourth-order valence-electron chi connectivity index (χ4n) is 5.81. The third kappa shape index (κ3) is 7.07. The van der Waals surface area contributed by atoms with Crippen molar-refractivity contribution in [1.29, 1.82) is 0 Å². The van der Waals surface area contributed by atoms with Crippen molar-refractivity contribution in [2.24, 2.45) is 17.8 Å². The molecule has 39 heavy (non-hydrogen) atoms. The molecule has 0 saturated carbocycles. The zero-order valence-corrected chi connectivity index (χ0v) is 23.5. The summed E-state index contributed by atoms with van der Waals surface area (Å²) in [6.07, 6.45) is 3.41. The van der Waals surface area contributed by atoms with Crippen LogP contribution >= 0.6 is 0 Å². The number of hydrogen-bond donors (Lipinski definition) is 2. The highest BCUT2D eigenvalue weighted by Gasteiger charge is 2.44. The van der Waals surface area contributed by atoms with Crippen molar-refractivity contribution in [2.45, 2.75) is 65.0 Å². The topological polar surface area (TPSA) is 87.7 Å². The first-order valence-electron chi connectivity index (χ1n) is 14.5. The Balaban J connectivity index is 1.61. The molecule has 210 valence electrons. The Hall–Kier alpha value is -3.19. The van der Waals surface area contributed by atoms with Gasteiger partial charge in [-0.05, 0) is 42.4 Å². The summed E-state index contributed by atoms with van der Waals surface area (Å²) < 4.78 is 6.11. The Labute approximate surface area is 232 Å². The number of rotatable bonds is 4. The maximum absolute atomic E-state index is 13.8. The Bertz CT molecular complexity index is 1120. The van der Waals surface area contributed by atoms with Crippen LogP contribution in [0.3, 0.4) is 0 Å². The monoisotopic (exact) mass is 533 g/mol. The van der Waals surface area contributed by atoms with Crippen molar-refractivity contribution in [3.8, 4) is 5.75 Å². The summed E-state index contributed by atoms with van der Waals surface area (Å²) in [7, 11) is 0. The van der Waals surface area contributed by atoms with Gasteiger partial charge in [-0.2, -0.15) is 0 Å². The minimum absolute atomic E-state index is 0.0649. The second kappa shape index (κ2) is 13.7. The highest BCUT2D eigenvalue weighted by molar-refractivity contribution is 5.95. The summed E-state index contributed by atoms with van der Waals surface area (Å²) in [5, 5.41) is 6.53. The maximum Gasteiger partial charge on any atom is 0.243 e. The molecule has 1 fully saturated rings. The number of para-hydroxylation sites is 1. The van der Waals surface area contributed by atoms with Crippen LogP contribution in [0.4, 0.5) is 0 Å². The Morgan fingerprint density at radius 3 is 2.54 bits per heavy atom. The number of ether oxygens (including phenoxy) is 1. The first-order chi connectivity index (χ1) is 18.9. The molecule has 2 aromatic carbocycles. The van der Waals surface area contributed by atoms with Gasteiger partial charge in [0.15, 0.2) is 5.78 Å². The molecule has 1 saturated heterocycles. The molecule has 2 N–H and O–H groups in total. The zero-order valence-electron chi connectivity index (χ0n) is 23.5. The minimum atomic E-state index is -0.606. The van der Waals surface area contributed by atoms with E-state index in [9.17, 15) is 14.4 Å². The van der Waals surface area contributed by atoms with E-state index in [2.05, 4.69) is 30.5 Å². The van der Waals surface area contributed by atoms with E-state index in [0.717, 1.165) is 36.1 Å². The number of aryl methyl sites for hydroxylation is 1. The number of nitrogens with zero attached hydrogens (tertiary/aromatic N) is 1. The number of ketones is 1. The van der Waals surface area contributed by atoms with E-state index in [1.165, 1.54) is 0 Å². The zero-order chi connectivity index (χ0) is 27.8. The van der Waals surface area contributed by atoms with Gasteiger partial charge in [0.1, 0.15) is 18.4 Å². The van der Waals surface area contributed by atoms with Crippen LogP contribution in [0.15, 0.2) is 54.6 Å². The summed E-state index contributed by atoms with van der Waals surface area (Å²) in [5.74, 6) is -0.0563. The number of nitrogens with one attached hydrogen (secondary N) is 2. The van der Waals surface area contributed by atoms with Crippen molar-refractivity contribution in [1.82, 2.24) is 15.5 Å². The molecular formula is C32H43N3O4. The van der Waals surface area contributed by atoms with Gasteiger partial charge in [0.2, 0.25) is 11.8 Å². The summed E-state index contributed by atoms with van der Waals surface area (Å²) in [6, 6.07) is 16.8. The molecular weight excluding hydrogens is 490 g/mol. The summed E-state index contributed by atoms with van der Waals surface area (Å²) in [6.45, 7) is 8.01. The lowest BCUT2D eigenvalue weighted by atomic mass is 9.82. The molecule has 7 nitrogen and oxygen atoms in total. The van der Waals surface area contributed by atoms with Crippen LogP contribution in [-0.2, 0) is 27.2 Å². The second-order valence-electron chi connectivity index (χ2n) is 11.0. The lowest BCUT2D eigenvalue weighted by Gasteiger charge is -2.30. The first kappa shape index (κ1) is 28.8. The van der Waals surface area contributed by atoms with E-state index < -0.39 is 17.9 Å². The average Bonchev–Trinajstić information content (AvgIpc) is 3.34. The number of fused-ring (bicyclic) bond motifs is 3. The molecule has 2 bridgehead atoms. The predicted molar refractivity (Wildman–Crippen MR) is 152 cm³/mol. The van der Waals surface area contributed by atoms with Crippen LogP contribution < -0.4 is 15.4 Å². The van der Waals surface area contributed by atoms with E-state index in [4.69, 9.17) is 4.74 Å². The van der Waals surface area contributed by atoms with Gasteiger partial charge in [0.05, 0.1) is 6.04 Å². The Morgan fingerprint density at radius 2 is 1.77 bits per heavy atom. The third-order valence-electron chi connectivity index (χ3n) is 8.42. The van der Waals surface area contributed by atoms with E-state index >= 15 is 0 Å². The van der Waals surface area contributed by atoms with Gasteiger partial charge in [-0.25, -0.2) is 0 Å². The van der Waals surface area contributed by atoms with Gasteiger partial charge in [-0.1, -0.05) is 75.7 Å². The minimum Gasteiger partial charge on any atom is -0.492 e. The van der Waals surface area contributed by atoms with Gasteiger partial charge >= 0.3 is 0 Å². The van der Waals surface area contributed by atoms with Crippen LogP contribution in [0.5, 0.6) is 5.75 Å². The quantitative estimate of drug-likeness (QED) is 0.624. The highest BCUT2D eigenvalue weighted by Crippen LogP contribution is 2.31. The summed E-state index contributed by atoms with van der Waals surface area (Å²) in [4.78, 5) is 42.7. The number of Topliss-reactive ketones (excluding diaryl/α,β-unsaturated/α-hetero) is 1. The standard InChI is InChI=1S/C32H43N3O4/c1-4-22(2)29-30(36)23(3)26-16-19-35(32(26)38)27(21-24-11-6-5-7-12-24)31(37)34-17-10-14-25-13-8-9-15-28(25)39-20-18-33-29/h5-9,11-13,15,22-23,26-27,29,33H,4,10,14,16-21H2,1-3H3,(H,34,37)/t22?,23?,26-,27+,29-/m0/s1. The molecule has 2 heterocycles. The SMILES string of the molecule is CCC(C)[C@@H]1NCCOc2ccccc2CCCNC(=O)[C@@H](Cc2ccccc2)N2CC[C@H](C2=O)C(C)C1=O. The van der Waals surface area contributed by atoms with E-state index in [1.54, 1.807) is 4.90 Å². The molecule has 0 aromatic heterocycles. The van der Waals surface area contributed by atoms with Crippen molar-refractivity contribution < 1.29 is 19.1 Å². The second-order valence-corrected chi connectivity index (χ2v) is 11.0. The van der Waals surface area contributed by atoms with Crippen molar-refractivity contribution in [3.63, 3.8) is 0 Å². The Kier molecular flexibility index (Phi) is 10.2. The lowest BCUT2D eigenvalue weighted by Crippen LogP contribution is -2.51. The van der Waals surface area contributed by atoms with Crippen LogP contribution in [0.25, 0.3) is 0 Å². The fraction of sp³-hybridized carbons (Fsp3) is 0.531. The molecule has 0 radical (unpaired) electrons. The molecule has 2 aliphatic rings. The van der Waals surface area contributed by atoms with Crippen LogP contribution in [0.2, 0.25) is 0 Å². The highest BCUT2D eigenvalue weighted by atomic mass is 16.5. The fourth-order valence-corrected chi connectivity index (χ4v) is 5.81. The third-order valence-corrected chi connectivity index (χ3v) is 8.42. The van der Waals surface area contributed by atoms with Crippen LogP contribution in [-0.4, -0.2) is 60.8 Å². The van der Waals surface area contributed by atoms with Gasteiger partial charge < -0.3 is 20.3 Å². The van der Waals surface area contributed by atoms with Crippen LogP contribution in [0.1, 0.15) is 51.2 Å². The molecule has 0 spiro atoms. The molecule has 2 aliphatic heterocycles. The smallest absolute Gasteiger partial charge is 0.243 e. The molecule has 2 amide bonds. The lowest BCUT2D eigenvalue weighted by molar-refractivity contribution is -0.142. The average molecular weight is 534 g/mol.